The molecule has 0 radical (unpaired) electrons. The maximum Gasteiger partial charge on any atom is 0.108 e. The first-order chi connectivity index (χ1) is 12.3. The molecule has 0 spiro atoms. The summed E-state index contributed by atoms with van der Waals surface area (Å²) in [6.45, 7) is 3.65. The van der Waals surface area contributed by atoms with Gasteiger partial charge in [0.25, 0.3) is 0 Å². The van der Waals surface area contributed by atoms with Crippen LogP contribution < -0.4 is 0 Å². The molecule has 0 aliphatic heterocycles. The standard InChI is InChI=1S/C20H27N3O2/c1-3-4-9-23-12-16(21-22-23)13-25-19-10-15-6-5-14-7-8-17(24-2)11-18(19)20(14)15/h7-8,12,15,19H,3-6,9-11,13H2,1-2H3/t15-,19+/m0/s1. The molecule has 0 bridgehead atoms. The van der Waals surface area contributed by atoms with Crippen LogP contribution in [0.25, 0.3) is 0 Å². The van der Waals surface area contributed by atoms with Gasteiger partial charge in [-0.25, -0.2) is 0 Å². The highest BCUT2D eigenvalue weighted by Gasteiger charge is 2.40. The SMILES string of the molecule is CCCCn1cc(CO[C@@H]2C[C@@H]3CCC4=CC=C(OC)CC2=C43)nn1. The Hall–Kier alpha value is -1.88. The lowest BCUT2D eigenvalue weighted by molar-refractivity contribution is 0.0551. The molecular weight excluding hydrogens is 314 g/mol. The molecule has 1 saturated carbocycles. The zero-order valence-electron chi connectivity index (χ0n) is 15.2. The molecule has 4 rings (SSSR count). The summed E-state index contributed by atoms with van der Waals surface area (Å²) < 4.78 is 13.8. The molecule has 1 heterocycles. The molecule has 1 aromatic heterocycles. The second kappa shape index (κ2) is 7.16. The van der Waals surface area contributed by atoms with Crippen LogP contribution in [0, 0.1) is 5.92 Å². The number of unbranched alkanes of at least 4 members (excludes halogenated alkanes) is 1. The third-order valence-corrected chi connectivity index (χ3v) is 5.61. The van der Waals surface area contributed by atoms with Crippen LogP contribution in [0.3, 0.4) is 0 Å². The number of ether oxygens (including phenoxy) is 2. The molecule has 0 aromatic carbocycles. The highest BCUT2D eigenvalue weighted by atomic mass is 16.5. The summed E-state index contributed by atoms with van der Waals surface area (Å²) in [5, 5.41) is 8.45. The molecule has 2 atom stereocenters. The van der Waals surface area contributed by atoms with Crippen molar-refractivity contribution < 1.29 is 9.47 Å². The quantitative estimate of drug-likeness (QED) is 0.754. The fourth-order valence-corrected chi connectivity index (χ4v) is 4.30. The van der Waals surface area contributed by atoms with Crippen LogP contribution in [-0.2, 0) is 22.6 Å². The minimum absolute atomic E-state index is 0.182. The van der Waals surface area contributed by atoms with Gasteiger partial charge in [-0.05, 0) is 54.4 Å². The van der Waals surface area contributed by atoms with Crippen LogP contribution >= 0.6 is 0 Å². The third kappa shape index (κ3) is 3.30. The topological polar surface area (TPSA) is 49.2 Å². The van der Waals surface area contributed by atoms with Gasteiger partial charge in [0.1, 0.15) is 5.69 Å². The van der Waals surface area contributed by atoms with Crippen molar-refractivity contribution in [1.29, 1.82) is 0 Å². The van der Waals surface area contributed by atoms with Crippen molar-refractivity contribution in [1.82, 2.24) is 15.0 Å². The van der Waals surface area contributed by atoms with E-state index >= 15 is 0 Å². The highest BCUT2D eigenvalue weighted by molar-refractivity contribution is 5.50. The van der Waals surface area contributed by atoms with Crippen LogP contribution in [0.1, 0.15) is 51.1 Å². The molecule has 0 N–H and O–H groups in total. The zero-order valence-corrected chi connectivity index (χ0v) is 15.2. The number of aryl methyl sites for hydroxylation is 1. The molecule has 134 valence electrons. The Balaban J connectivity index is 1.44. The van der Waals surface area contributed by atoms with Gasteiger partial charge in [-0.2, -0.15) is 0 Å². The predicted octanol–water partition coefficient (Wildman–Crippen LogP) is 3.93. The lowest BCUT2D eigenvalue weighted by Gasteiger charge is -2.17. The van der Waals surface area contributed by atoms with Gasteiger partial charge in [0.15, 0.2) is 0 Å². The molecule has 5 nitrogen and oxygen atoms in total. The zero-order chi connectivity index (χ0) is 17.2. The van der Waals surface area contributed by atoms with Gasteiger partial charge >= 0.3 is 0 Å². The number of hydrogen-bond acceptors (Lipinski definition) is 4. The first-order valence-electron chi connectivity index (χ1n) is 9.46. The minimum Gasteiger partial charge on any atom is -0.501 e. The lowest BCUT2D eigenvalue weighted by atomic mass is 10.0. The first-order valence-corrected chi connectivity index (χ1v) is 9.46. The molecule has 25 heavy (non-hydrogen) atoms. The monoisotopic (exact) mass is 341 g/mol. The van der Waals surface area contributed by atoms with Crippen LogP contribution in [0.4, 0.5) is 0 Å². The van der Waals surface area contributed by atoms with Crippen LogP contribution in [0.2, 0.25) is 0 Å². The van der Waals surface area contributed by atoms with Gasteiger partial charge in [0.2, 0.25) is 0 Å². The average Bonchev–Trinajstić information content (AvgIpc) is 3.28. The van der Waals surface area contributed by atoms with E-state index in [-0.39, 0.29) is 6.10 Å². The van der Waals surface area contributed by atoms with Gasteiger partial charge in [-0.1, -0.05) is 24.6 Å². The van der Waals surface area contributed by atoms with E-state index in [4.69, 9.17) is 9.47 Å². The van der Waals surface area contributed by atoms with Crippen LogP contribution in [-0.4, -0.2) is 28.2 Å². The van der Waals surface area contributed by atoms with Crippen molar-refractivity contribution in [2.75, 3.05) is 7.11 Å². The van der Waals surface area contributed by atoms with Gasteiger partial charge in [-0.15, -0.1) is 5.10 Å². The maximum atomic E-state index is 6.29. The van der Waals surface area contributed by atoms with E-state index in [2.05, 4.69) is 29.4 Å². The number of rotatable bonds is 7. The lowest BCUT2D eigenvalue weighted by Crippen LogP contribution is -2.14. The Morgan fingerprint density at radius 2 is 2.24 bits per heavy atom. The summed E-state index contributed by atoms with van der Waals surface area (Å²) in [4.78, 5) is 0. The largest absolute Gasteiger partial charge is 0.501 e. The number of nitrogens with zero attached hydrogens (tertiary/aromatic N) is 3. The van der Waals surface area contributed by atoms with Crippen LogP contribution in [0.15, 0.2) is 40.8 Å². The fourth-order valence-electron chi connectivity index (χ4n) is 4.30. The van der Waals surface area contributed by atoms with Gasteiger partial charge < -0.3 is 9.47 Å². The van der Waals surface area contributed by atoms with Crippen molar-refractivity contribution in [2.45, 2.75) is 64.7 Å². The smallest absolute Gasteiger partial charge is 0.108 e. The molecule has 0 saturated heterocycles. The summed E-state index contributed by atoms with van der Waals surface area (Å²) >= 11 is 0. The average molecular weight is 341 g/mol. The van der Waals surface area contributed by atoms with Crippen molar-refractivity contribution >= 4 is 0 Å². The first kappa shape index (κ1) is 16.6. The Kier molecular flexibility index (Phi) is 4.75. The summed E-state index contributed by atoms with van der Waals surface area (Å²) in [6.07, 6.45) is 13.3. The Morgan fingerprint density at radius 1 is 1.32 bits per heavy atom. The number of methoxy groups -OCH3 is 1. The molecule has 0 amide bonds. The molecule has 1 fully saturated rings. The summed E-state index contributed by atoms with van der Waals surface area (Å²) in [6, 6.07) is 0. The van der Waals surface area contributed by atoms with Crippen LogP contribution in [0.5, 0.6) is 0 Å². The van der Waals surface area contributed by atoms with Crippen molar-refractivity contribution in [3.8, 4) is 0 Å². The molecule has 3 aliphatic rings. The summed E-state index contributed by atoms with van der Waals surface area (Å²) in [5.74, 6) is 1.69. The third-order valence-electron chi connectivity index (χ3n) is 5.61. The number of aromatic nitrogens is 3. The van der Waals surface area contributed by atoms with E-state index in [0.29, 0.717) is 12.5 Å². The van der Waals surface area contributed by atoms with E-state index in [1.54, 1.807) is 12.7 Å². The van der Waals surface area contributed by atoms with Crippen molar-refractivity contribution in [3.05, 3.63) is 46.5 Å². The Morgan fingerprint density at radius 3 is 3.08 bits per heavy atom. The molecular formula is C20H27N3O2. The Bertz CT molecular complexity index is 729. The van der Waals surface area contributed by atoms with E-state index < -0.39 is 0 Å². The van der Waals surface area contributed by atoms with E-state index in [1.165, 1.54) is 24.0 Å². The maximum absolute atomic E-state index is 6.29. The number of hydrogen-bond donors (Lipinski definition) is 0. The Labute approximate surface area is 149 Å². The number of allylic oxidation sites excluding steroid dienone is 5. The second-order valence-corrected chi connectivity index (χ2v) is 7.24. The van der Waals surface area contributed by atoms with E-state index in [0.717, 1.165) is 43.7 Å². The van der Waals surface area contributed by atoms with Gasteiger partial charge in [0.05, 0.1) is 31.8 Å². The van der Waals surface area contributed by atoms with Crippen molar-refractivity contribution in [3.63, 3.8) is 0 Å². The van der Waals surface area contributed by atoms with Gasteiger partial charge in [0, 0.05) is 13.0 Å². The van der Waals surface area contributed by atoms with Crippen molar-refractivity contribution in [2.24, 2.45) is 5.92 Å². The van der Waals surface area contributed by atoms with E-state index in [9.17, 15) is 0 Å². The molecule has 5 heteroatoms. The molecule has 1 aromatic rings. The van der Waals surface area contributed by atoms with E-state index in [1.807, 2.05) is 10.9 Å². The van der Waals surface area contributed by atoms with Gasteiger partial charge in [-0.3, -0.25) is 4.68 Å². The molecule has 3 aliphatic carbocycles. The normalized spacial score (nSPS) is 24.9. The second-order valence-electron chi connectivity index (χ2n) is 7.24. The summed E-state index contributed by atoms with van der Waals surface area (Å²) in [7, 11) is 1.76. The molecule has 0 unspecified atom stereocenters. The highest BCUT2D eigenvalue weighted by Crippen LogP contribution is 2.50. The fraction of sp³-hybridized carbons (Fsp3) is 0.600. The summed E-state index contributed by atoms with van der Waals surface area (Å²) in [5.41, 5.74) is 5.40. The minimum atomic E-state index is 0.182. The predicted molar refractivity (Wildman–Crippen MR) is 95.7 cm³/mol.